The van der Waals surface area contributed by atoms with Gasteiger partial charge in [0.05, 0.1) is 10.5 Å². The van der Waals surface area contributed by atoms with Crippen molar-refractivity contribution in [1.82, 2.24) is 0 Å². The lowest BCUT2D eigenvalue weighted by atomic mass is 9.86. The van der Waals surface area contributed by atoms with E-state index in [1.165, 1.54) is 18.2 Å². The molecule has 130 valence electrons. The molecule has 0 aliphatic heterocycles. The van der Waals surface area contributed by atoms with Gasteiger partial charge in [0, 0.05) is 17.7 Å². The molecule has 2 rings (SSSR count). The number of nitrogens with zero attached hydrogens (tertiary/aromatic N) is 1. The number of nitro groups is 1. The summed E-state index contributed by atoms with van der Waals surface area (Å²) < 4.78 is 4.97. The summed E-state index contributed by atoms with van der Waals surface area (Å²) in [6, 6.07) is 12.3. The van der Waals surface area contributed by atoms with Gasteiger partial charge < -0.3 is 4.74 Å². The van der Waals surface area contributed by atoms with Crippen molar-refractivity contribution in [2.75, 3.05) is 6.61 Å². The lowest BCUT2D eigenvalue weighted by Crippen LogP contribution is -2.15. The smallest absolute Gasteiger partial charge is 0.338 e. The number of ketones is 1. The minimum Gasteiger partial charge on any atom is -0.454 e. The molecular weight excluding hydrogens is 322 g/mol. The van der Waals surface area contributed by atoms with Crippen LogP contribution in [-0.2, 0) is 10.2 Å². The minimum absolute atomic E-state index is 0.0178. The van der Waals surface area contributed by atoms with E-state index in [9.17, 15) is 19.7 Å². The van der Waals surface area contributed by atoms with Gasteiger partial charge in [-0.05, 0) is 17.0 Å². The zero-order valence-electron chi connectivity index (χ0n) is 14.3. The summed E-state index contributed by atoms with van der Waals surface area (Å²) in [5, 5.41) is 10.7. The summed E-state index contributed by atoms with van der Waals surface area (Å²) in [4.78, 5) is 34.2. The Hall–Kier alpha value is -3.02. The monoisotopic (exact) mass is 341 g/mol. The number of carbonyl (C=O) groups is 2. The summed E-state index contributed by atoms with van der Waals surface area (Å²) in [5.41, 5.74) is 1.34. The average Bonchev–Trinajstić information content (AvgIpc) is 2.58. The zero-order valence-corrected chi connectivity index (χ0v) is 14.3. The molecule has 0 aromatic heterocycles. The zero-order chi connectivity index (χ0) is 18.6. The van der Waals surface area contributed by atoms with Gasteiger partial charge in [-0.15, -0.1) is 0 Å². The fourth-order valence-corrected chi connectivity index (χ4v) is 2.20. The second-order valence-electron chi connectivity index (χ2n) is 6.63. The van der Waals surface area contributed by atoms with E-state index >= 15 is 0 Å². The quantitative estimate of drug-likeness (QED) is 0.356. The number of nitro benzene ring substituents is 1. The largest absolute Gasteiger partial charge is 0.454 e. The first-order valence-electron chi connectivity index (χ1n) is 7.74. The Labute approximate surface area is 145 Å². The molecule has 0 spiro atoms. The number of rotatable bonds is 5. The highest BCUT2D eigenvalue weighted by Crippen LogP contribution is 2.22. The van der Waals surface area contributed by atoms with E-state index < -0.39 is 17.5 Å². The van der Waals surface area contributed by atoms with Crippen LogP contribution in [0.3, 0.4) is 0 Å². The Bertz CT molecular complexity index is 803. The number of hydrogen-bond donors (Lipinski definition) is 0. The Balaban J connectivity index is 2.01. The van der Waals surface area contributed by atoms with Crippen molar-refractivity contribution >= 4 is 17.4 Å². The molecule has 6 heteroatoms. The first kappa shape index (κ1) is 18.3. The van der Waals surface area contributed by atoms with Crippen LogP contribution in [0.4, 0.5) is 5.69 Å². The van der Waals surface area contributed by atoms with Crippen LogP contribution < -0.4 is 0 Å². The number of ether oxygens (including phenoxy) is 1. The standard InChI is InChI=1S/C19H19NO5/c1-19(2,3)15-9-7-13(8-10-15)17(21)12-25-18(22)14-5-4-6-16(11-14)20(23)24/h4-11H,12H2,1-3H3. The molecule has 6 nitrogen and oxygen atoms in total. The molecule has 2 aromatic rings. The van der Waals surface area contributed by atoms with Gasteiger partial charge in [0.25, 0.3) is 5.69 Å². The van der Waals surface area contributed by atoms with Crippen LogP contribution in [0, 0.1) is 10.1 Å². The van der Waals surface area contributed by atoms with E-state index in [-0.39, 0.29) is 22.4 Å². The van der Waals surface area contributed by atoms with Crippen molar-refractivity contribution in [2.24, 2.45) is 0 Å². The fraction of sp³-hybridized carbons (Fsp3) is 0.263. The van der Waals surface area contributed by atoms with Crippen LogP contribution in [0.2, 0.25) is 0 Å². The number of Topliss-reactive ketones (excluding diaryl/α,β-unsaturated/α-hetero) is 1. The van der Waals surface area contributed by atoms with Crippen LogP contribution >= 0.6 is 0 Å². The predicted molar refractivity (Wildman–Crippen MR) is 92.9 cm³/mol. The lowest BCUT2D eigenvalue weighted by molar-refractivity contribution is -0.384. The van der Waals surface area contributed by atoms with Crippen LogP contribution in [0.5, 0.6) is 0 Å². The molecule has 25 heavy (non-hydrogen) atoms. The fourth-order valence-electron chi connectivity index (χ4n) is 2.20. The van der Waals surface area contributed by atoms with Crippen LogP contribution in [0.15, 0.2) is 48.5 Å². The number of non-ortho nitro benzene ring substituents is 1. The first-order chi connectivity index (χ1) is 11.7. The highest BCUT2D eigenvalue weighted by Gasteiger charge is 2.17. The molecule has 0 bridgehead atoms. The van der Waals surface area contributed by atoms with Gasteiger partial charge in [0.2, 0.25) is 0 Å². The van der Waals surface area contributed by atoms with Crippen molar-refractivity contribution in [3.8, 4) is 0 Å². The van der Waals surface area contributed by atoms with Crippen molar-refractivity contribution in [1.29, 1.82) is 0 Å². The van der Waals surface area contributed by atoms with Gasteiger partial charge >= 0.3 is 5.97 Å². The number of hydrogen-bond acceptors (Lipinski definition) is 5. The molecular formula is C19H19NO5. The van der Waals surface area contributed by atoms with Gasteiger partial charge in [-0.2, -0.15) is 0 Å². The first-order valence-corrected chi connectivity index (χ1v) is 7.74. The van der Waals surface area contributed by atoms with Gasteiger partial charge in [0.15, 0.2) is 12.4 Å². The topological polar surface area (TPSA) is 86.5 Å². The molecule has 0 saturated heterocycles. The van der Waals surface area contributed by atoms with E-state index in [0.717, 1.165) is 11.6 Å². The predicted octanol–water partition coefficient (Wildman–Crippen LogP) is 3.93. The molecule has 0 atom stereocenters. The summed E-state index contributed by atoms with van der Waals surface area (Å²) in [7, 11) is 0. The van der Waals surface area contributed by atoms with Crippen molar-refractivity contribution in [3.63, 3.8) is 0 Å². The van der Waals surface area contributed by atoms with Crippen LogP contribution in [-0.4, -0.2) is 23.3 Å². The third-order valence-corrected chi connectivity index (χ3v) is 3.70. The molecule has 0 fully saturated rings. The normalized spacial score (nSPS) is 11.0. The van der Waals surface area contributed by atoms with E-state index in [2.05, 4.69) is 20.8 Å². The summed E-state index contributed by atoms with van der Waals surface area (Å²) in [6.45, 7) is 5.80. The highest BCUT2D eigenvalue weighted by atomic mass is 16.6. The highest BCUT2D eigenvalue weighted by molar-refractivity contribution is 5.99. The molecule has 0 saturated carbocycles. The molecule has 0 unspecified atom stereocenters. The van der Waals surface area contributed by atoms with Gasteiger partial charge in [0.1, 0.15) is 0 Å². The Kier molecular flexibility index (Phi) is 5.32. The molecule has 0 aliphatic carbocycles. The summed E-state index contributed by atoms with van der Waals surface area (Å²) in [5.74, 6) is -1.11. The molecule has 0 aliphatic rings. The SMILES string of the molecule is CC(C)(C)c1ccc(C(=O)COC(=O)c2cccc([N+](=O)[O-])c2)cc1. The number of esters is 1. The summed E-state index contributed by atoms with van der Waals surface area (Å²) >= 11 is 0. The number of benzene rings is 2. The second kappa shape index (κ2) is 7.25. The van der Waals surface area contributed by atoms with Crippen LogP contribution in [0.25, 0.3) is 0 Å². The van der Waals surface area contributed by atoms with Crippen molar-refractivity contribution in [3.05, 3.63) is 75.3 Å². The maximum Gasteiger partial charge on any atom is 0.338 e. The Morgan fingerprint density at radius 1 is 1.04 bits per heavy atom. The van der Waals surface area contributed by atoms with Crippen molar-refractivity contribution < 1.29 is 19.2 Å². The average molecular weight is 341 g/mol. The molecule has 0 heterocycles. The van der Waals surface area contributed by atoms with E-state index in [4.69, 9.17) is 4.74 Å². The maximum absolute atomic E-state index is 12.1. The Morgan fingerprint density at radius 3 is 2.24 bits per heavy atom. The molecule has 0 radical (unpaired) electrons. The third kappa shape index (κ3) is 4.73. The maximum atomic E-state index is 12.1. The Morgan fingerprint density at radius 2 is 1.68 bits per heavy atom. The van der Waals surface area contributed by atoms with Gasteiger partial charge in [-0.25, -0.2) is 4.79 Å². The van der Waals surface area contributed by atoms with Crippen LogP contribution in [0.1, 0.15) is 47.1 Å². The molecule has 2 aromatic carbocycles. The molecule has 0 amide bonds. The number of carbonyl (C=O) groups excluding carboxylic acids is 2. The third-order valence-electron chi connectivity index (χ3n) is 3.70. The van der Waals surface area contributed by atoms with E-state index in [0.29, 0.717) is 5.56 Å². The van der Waals surface area contributed by atoms with E-state index in [1.54, 1.807) is 12.1 Å². The van der Waals surface area contributed by atoms with E-state index in [1.807, 2.05) is 12.1 Å². The summed E-state index contributed by atoms with van der Waals surface area (Å²) in [6.07, 6.45) is 0. The van der Waals surface area contributed by atoms with Gasteiger partial charge in [-0.1, -0.05) is 51.1 Å². The second-order valence-corrected chi connectivity index (χ2v) is 6.63. The minimum atomic E-state index is -0.775. The molecule has 0 N–H and O–H groups in total. The van der Waals surface area contributed by atoms with Gasteiger partial charge in [-0.3, -0.25) is 14.9 Å². The van der Waals surface area contributed by atoms with Crippen molar-refractivity contribution in [2.45, 2.75) is 26.2 Å². The lowest BCUT2D eigenvalue weighted by Gasteiger charge is -2.18.